The maximum atomic E-state index is 13.6. The van der Waals surface area contributed by atoms with Gasteiger partial charge in [0.25, 0.3) is 0 Å². The lowest BCUT2D eigenvalue weighted by atomic mass is 9.88. The van der Waals surface area contributed by atoms with Gasteiger partial charge in [0.15, 0.2) is 0 Å². The van der Waals surface area contributed by atoms with Crippen LogP contribution in [0.15, 0.2) is 84.9 Å². The van der Waals surface area contributed by atoms with Gasteiger partial charge in [0.2, 0.25) is 0 Å². The van der Waals surface area contributed by atoms with Crippen LogP contribution in [0, 0.1) is 22.9 Å². The molecule has 0 atom stereocenters. The predicted octanol–water partition coefficient (Wildman–Crippen LogP) is 16.5. The largest absolute Gasteiger partial charge is 0.416 e. The molecule has 0 aliphatic rings. The van der Waals surface area contributed by atoms with Crippen molar-refractivity contribution in [1.29, 1.82) is 0 Å². The number of fused-ring (bicyclic) bond motifs is 2. The first kappa shape index (κ1) is 44.8. The molecule has 306 valence electrons. The van der Waals surface area contributed by atoms with Crippen molar-refractivity contribution in [3.63, 3.8) is 0 Å². The van der Waals surface area contributed by atoms with Crippen LogP contribution in [-0.4, -0.2) is 16.1 Å². The highest BCUT2D eigenvalue weighted by atomic mass is 28.3. The molecule has 5 aromatic rings. The minimum Gasteiger partial charge on any atom is -0.166 e. The average Bonchev–Trinajstić information content (AvgIpc) is 3.13. The van der Waals surface area contributed by atoms with Gasteiger partial charge in [-0.2, -0.15) is 26.3 Å². The third kappa shape index (κ3) is 8.43. The Kier molecular flexibility index (Phi) is 13.0. The van der Waals surface area contributed by atoms with E-state index >= 15 is 0 Å². The topological polar surface area (TPSA) is 0 Å². The van der Waals surface area contributed by atoms with Gasteiger partial charge in [0, 0.05) is 11.1 Å². The van der Waals surface area contributed by atoms with Crippen LogP contribution in [0.5, 0.6) is 0 Å². The Morgan fingerprint density at radius 1 is 0.362 bits per heavy atom. The highest BCUT2D eigenvalue weighted by Crippen LogP contribution is 2.44. The molecule has 0 amide bonds. The summed E-state index contributed by atoms with van der Waals surface area (Å²) >= 11 is 0. The Labute approximate surface area is 343 Å². The Balaban J connectivity index is 1.97. The second kappa shape index (κ2) is 16.8. The van der Waals surface area contributed by atoms with E-state index < -0.39 is 39.6 Å². The Morgan fingerprint density at radius 3 is 0.862 bits per heavy atom. The second-order valence-corrected chi connectivity index (χ2v) is 28.9. The van der Waals surface area contributed by atoms with E-state index in [1.165, 1.54) is 24.3 Å². The molecule has 0 spiro atoms. The van der Waals surface area contributed by atoms with Crippen LogP contribution in [0.25, 0.3) is 43.8 Å². The minimum atomic E-state index is -4.45. The Bertz CT molecular complexity index is 2180. The van der Waals surface area contributed by atoms with Gasteiger partial charge in [-0.15, -0.1) is 11.1 Å². The molecular weight excluding hydrogens is 771 g/mol. The number of hydrogen-bond donors (Lipinski definition) is 0. The van der Waals surface area contributed by atoms with Gasteiger partial charge in [0.1, 0.15) is 16.1 Å². The standard InChI is InChI=1S/C50H56F6Si2/c1-31(2)57(32(3)4,33(5)6)27-25-45-43-23-17-40(38-15-21-42(22-16-38)50(54,55)56)30-48(43)46(26-28-58(34(7)8,35(9)10)36(11)12)44-24-18-39(29-47(44)45)37-13-19-41(20-14-37)49(51,52)53/h13-24,29-36H,1-12H3. The summed E-state index contributed by atoms with van der Waals surface area (Å²) in [5.41, 5.74) is 13.2. The molecular formula is C50H56F6Si2. The van der Waals surface area contributed by atoms with Gasteiger partial charge in [-0.05, 0) is 113 Å². The number of alkyl halides is 6. The highest BCUT2D eigenvalue weighted by Gasteiger charge is 2.43. The van der Waals surface area contributed by atoms with Crippen molar-refractivity contribution in [2.45, 2.75) is 129 Å². The van der Waals surface area contributed by atoms with Gasteiger partial charge in [-0.1, -0.05) is 143 Å². The quantitative estimate of drug-likeness (QED) is 0.0633. The van der Waals surface area contributed by atoms with Gasteiger partial charge in [-0.3, -0.25) is 0 Å². The second-order valence-electron chi connectivity index (χ2n) is 17.7. The lowest BCUT2D eigenvalue weighted by Gasteiger charge is -2.38. The summed E-state index contributed by atoms with van der Waals surface area (Å²) in [5.74, 6) is 7.52. The molecule has 0 aliphatic heterocycles. The van der Waals surface area contributed by atoms with Crippen molar-refractivity contribution in [1.82, 2.24) is 0 Å². The van der Waals surface area contributed by atoms with Crippen LogP contribution >= 0.6 is 0 Å². The SMILES string of the molecule is CC(C)[Si](C#Cc1c2ccc(-c3ccc(C(F)(F)F)cc3)cc2c(C#C[Si](C(C)C)(C(C)C)C(C)C)c2ccc(-c3ccc(C(F)(F)F)cc3)cc12)(C(C)C)C(C)C. The summed E-state index contributed by atoms with van der Waals surface area (Å²) < 4.78 is 81.4. The monoisotopic (exact) mass is 826 g/mol. The molecule has 5 rings (SSSR count). The first-order valence-corrected chi connectivity index (χ1v) is 24.9. The molecule has 0 saturated heterocycles. The maximum Gasteiger partial charge on any atom is 0.416 e. The predicted molar refractivity (Wildman–Crippen MR) is 238 cm³/mol. The van der Waals surface area contributed by atoms with E-state index in [0.29, 0.717) is 44.4 Å². The lowest BCUT2D eigenvalue weighted by molar-refractivity contribution is -0.138. The molecule has 0 radical (unpaired) electrons. The number of hydrogen-bond acceptors (Lipinski definition) is 0. The zero-order valence-electron chi connectivity index (χ0n) is 35.8. The van der Waals surface area contributed by atoms with E-state index in [1.807, 2.05) is 36.4 Å². The highest BCUT2D eigenvalue weighted by molar-refractivity contribution is 6.91. The Morgan fingerprint density at radius 2 is 0.621 bits per heavy atom. The van der Waals surface area contributed by atoms with Gasteiger partial charge < -0.3 is 0 Å². The fourth-order valence-electron chi connectivity index (χ4n) is 9.77. The van der Waals surface area contributed by atoms with Crippen LogP contribution in [0.4, 0.5) is 26.3 Å². The van der Waals surface area contributed by atoms with Crippen LogP contribution < -0.4 is 0 Å². The van der Waals surface area contributed by atoms with E-state index in [0.717, 1.165) is 68.1 Å². The molecule has 0 heterocycles. The summed E-state index contributed by atoms with van der Waals surface area (Å²) in [4.78, 5) is 0. The van der Waals surface area contributed by atoms with E-state index in [4.69, 9.17) is 0 Å². The van der Waals surface area contributed by atoms with Gasteiger partial charge in [-0.25, -0.2) is 0 Å². The zero-order valence-corrected chi connectivity index (χ0v) is 37.8. The molecule has 58 heavy (non-hydrogen) atoms. The summed E-state index contributed by atoms with van der Waals surface area (Å²) in [7, 11) is -4.49. The molecule has 0 unspecified atom stereocenters. The van der Waals surface area contributed by atoms with Crippen LogP contribution in [0.3, 0.4) is 0 Å². The molecule has 0 aliphatic carbocycles. The van der Waals surface area contributed by atoms with E-state index in [-0.39, 0.29) is 0 Å². The van der Waals surface area contributed by atoms with Crippen molar-refractivity contribution >= 4 is 37.7 Å². The van der Waals surface area contributed by atoms with Crippen molar-refractivity contribution < 1.29 is 26.3 Å². The summed E-state index contributed by atoms with van der Waals surface area (Å²) in [6, 6.07) is 22.5. The third-order valence-electron chi connectivity index (χ3n) is 12.7. The molecule has 0 aromatic heterocycles. The molecule has 8 heteroatoms. The molecule has 0 saturated carbocycles. The van der Waals surface area contributed by atoms with E-state index in [9.17, 15) is 26.3 Å². The van der Waals surface area contributed by atoms with E-state index in [1.54, 1.807) is 0 Å². The molecule has 0 N–H and O–H groups in total. The Hall–Kier alpha value is -4.25. The lowest BCUT2D eigenvalue weighted by Crippen LogP contribution is -2.43. The van der Waals surface area contributed by atoms with Gasteiger partial charge in [0.05, 0.1) is 11.1 Å². The van der Waals surface area contributed by atoms with Crippen molar-refractivity contribution in [2.24, 2.45) is 0 Å². The molecule has 0 fully saturated rings. The van der Waals surface area contributed by atoms with Gasteiger partial charge >= 0.3 is 12.4 Å². The fourth-order valence-corrected chi connectivity index (χ4v) is 20.2. The van der Waals surface area contributed by atoms with Crippen LogP contribution in [-0.2, 0) is 12.4 Å². The van der Waals surface area contributed by atoms with Crippen molar-refractivity contribution in [2.75, 3.05) is 0 Å². The average molecular weight is 827 g/mol. The van der Waals surface area contributed by atoms with Crippen LogP contribution in [0.2, 0.25) is 33.2 Å². The fraction of sp³-hybridized carbons (Fsp3) is 0.400. The smallest absolute Gasteiger partial charge is 0.166 e. The van der Waals surface area contributed by atoms with Crippen molar-refractivity contribution in [3.8, 4) is 45.2 Å². The minimum absolute atomic E-state index is 0.373. The molecule has 0 nitrogen and oxygen atoms in total. The summed E-state index contributed by atoms with van der Waals surface area (Å²) in [5, 5.41) is 3.51. The maximum absolute atomic E-state index is 13.6. The first-order chi connectivity index (χ1) is 27.0. The normalized spacial score (nSPS) is 13.0. The first-order valence-electron chi connectivity index (χ1n) is 20.4. The number of benzene rings is 5. The number of rotatable bonds is 8. The molecule has 5 aromatic carbocycles. The summed E-state index contributed by atoms with van der Waals surface area (Å²) in [6.07, 6.45) is -8.90. The molecule has 0 bridgehead atoms. The summed E-state index contributed by atoms with van der Waals surface area (Å²) in [6.45, 7) is 27.2. The van der Waals surface area contributed by atoms with Crippen molar-refractivity contribution in [3.05, 3.63) is 107 Å². The van der Waals surface area contributed by atoms with E-state index in [2.05, 4.69) is 106 Å². The number of halogens is 6. The van der Waals surface area contributed by atoms with Crippen LogP contribution in [0.1, 0.15) is 105 Å². The third-order valence-corrected chi connectivity index (χ3v) is 25.3. The zero-order chi connectivity index (χ0) is 43.1.